The molecule has 0 bridgehead atoms. The van der Waals surface area contributed by atoms with Crippen molar-refractivity contribution in [3.05, 3.63) is 68.0 Å². The first-order valence-corrected chi connectivity index (χ1v) is 5.62. The number of carbonyl (C=O) groups excluding carboxylic acids is 1. The van der Waals surface area contributed by atoms with E-state index in [0.717, 1.165) is 6.07 Å². The van der Waals surface area contributed by atoms with Crippen molar-refractivity contribution in [1.82, 2.24) is 0 Å². The number of furan rings is 1. The Morgan fingerprint density at radius 2 is 1.71 bits per heavy atom. The van der Waals surface area contributed by atoms with Crippen LogP contribution in [-0.2, 0) is 11.3 Å². The third-order valence-electron chi connectivity index (χ3n) is 2.49. The van der Waals surface area contributed by atoms with Crippen LogP contribution in [0.3, 0.4) is 0 Å². The van der Waals surface area contributed by atoms with Crippen molar-refractivity contribution < 1.29 is 23.8 Å². The summed E-state index contributed by atoms with van der Waals surface area (Å²) in [5, 5.41) is 20.9. The summed E-state index contributed by atoms with van der Waals surface area (Å²) in [4.78, 5) is 31.3. The van der Waals surface area contributed by atoms with Gasteiger partial charge in [-0.2, -0.15) is 0 Å². The maximum Gasteiger partial charge on any atom is 0.433 e. The number of hydrogen-bond donors (Lipinski definition) is 0. The number of esters is 1. The van der Waals surface area contributed by atoms with Gasteiger partial charge in [-0.15, -0.1) is 0 Å². The third kappa shape index (κ3) is 3.41. The van der Waals surface area contributed by atoms with E-state index >= 15 is 0 Å². The van der Waals surface area contributed by atoms with E-state index in [1.807, 2.05) is 0 Å². The van der Waals surface area contributed by atoms with Crippen LogP contribution in [0, 0.1) is 20.2 Å². The highest BCUT2D eigenvalue weighted by Gasteiger charge is 2.14. The van der Waals surface area contributed by atoms with Crippen molar-refractivity contribution in [2.75, 3.05) is 0 Å². The van der Waals surface area contributed by atoms with Gasteiger partial charge in [0.2, 0.25) is 0 Å². The van der Waals surface area contributed by atoms with Gasteiger partial charge >= 0.3 is 11.9 Å². The van der Waals surface area contributed by atoms with Crippen LogP contribution in [-0.4, -0.2) is 15.8 Å². The number of nitrogens with zero attached hydrogens (tertiary/aromatic N) is 2. The Hall–Kier alpha value is -3.23. The third-order valence-corrected chi connectivity index (χ3v) is 2.49. The summed E-state index contributed by atoms with van der Waals surface area (Å²) in [7, 11) is 0. The highest BCUT2D eigenvalue weighted by Crippen LogP contribution is 2.17. The van der Waals surface area contributed by atoms with Gasteiger partial charge in [-0.25, -0.2) is 4.79 Å². The SMILES string of the molecule is O=C(OCc1ccc([N+](=O)[O-])o1)c1ccc([N+](=O)[O-])cc1. The van der Waals surface area contributed by atoms with Gasteiger partial charge < -0.3 is 9.15 Å². The predicted molar refractivity (Wildman–Crippen MR) is 67.6 cm³/mol. The maximum atomic E-state index is 11.7. The van der Waals surface area contributed by atoms with Gasteiger partial charge in [0, 0.05) is 12.1 Å². The second kappa shape index (κ2) is 5.82. The van der Waals surface area contributed by atoms with Gasteiger partial charge in [0.1, 0.15) is 17.3 Å². The van der Waals surface area contributed by atoms with Gasteiger partial charge in [-0.1, -0.05) is 0 Å². The molecule has 0 spiro atoms. The van der Waals surface area contributed by atoms with E-state index in [0.29, 0.717) is 0 Å². The molecule has 21 heavy (non-hydrogen) atoms. The molecule has 9 heteroatoms. The summed E-state index contributed by atoms with van der Waals surface area (Å²) >= 11 is 0. The van der Waals surface area contributed by atoms with E-state index in [2.05, 4.69) is 0 Å². The van der Waals surface area contributed by atoms with Crippen LogP contribution in [0.1, 0.15) is 16.1 Å². The van der Waals surface area contributed by atoms with Gasteiger partial charge in [0.15, 0.2) is 0 Å². The molecule has 0 aliphatic carbocycles. The highest BCUT2D eigenvalue weighted by atomic mass is 16.7. The van der Waals surface area contributed by atoms with E-state index in [9.17, 15) is 25.0 Å². The van der Waals surface area contributed by atoms with E-state index in [1.165, 1.54) is 30.3 Å². The molecule has 0 fully saturated rings. The Morgan fingerprint density at radius 3 is 2.24 bits per heavy atom. The zero-order chi connectivity index (χ0) is 15.4. The number of non-ortho nitro benzene ring substituents is 1. The number of ether oxygens (including phenoxy) is 1. The van der Waals surface area contributed by atoms with Crippen molar-refractivity contribution in [3.63, 3.8) is 0 Å². The van der Waals surface area contributed by atoms with Gasteiger partial charge in [-0.05, 0) is 18.2 Å². The molecule has 108 valence electrons. The molecule has 0 aliphatic rings. The fourth-order valence-corrected chi connectivity index (χ4v) is 1.48. The fourth-order valence-electron chi connectivity index (χ4n) is 1.48. The highest BCUT2D eigenvalue weighted by molar-refractivity contribution is 5.89. The lowest BCUT2D eigenvalue weighted by molar-refractivity contribution is -0.402. The number of hydrogen-bond acceptors (Lipinski definition) is 7. The number of benzene rings is 1. The molecule has 1 aromatic carbocycles. The molecular formula is C12H8N2O7. The Kier molecular flexibility index (Phi) is 3.93. The molecule has 9 nitrogen and oxygen atoms in total. The minimum atomic E-state index is -0.719. The molecule has 1 heterocycles. The minimum Gasteiger partial charge on any atom is -0.454 e. The molecule has 2 rings (SSSR count). The average Bonchev–Trinajstić information content (AvgIpc) is 2.94. The molecule has 0 atom stereocenters. The molecule has 1 aromatic heterocycles. The molecule has 2 aromatic rings. The number of nitro groups is 2. The lowest BCUT2D eigenvalue weighted by atomic mass is 10.2. The predicted octanol–water partition coefficient (Wildman–Crippen LogP) is 2.45. The first-order valence-electron chi connectivity index (χ1n) is 5.62. The zero-order valence-corrected chi connectivity index (χ0v) is 10.4. The standard InChI is InChI=1S/C12H8N2O7/c15-12(8-1-3-9(4-2-8)13(16)17)20-7-10-5-6-11(21-10)14(18)19/h1-6H,7H2. The van der Waals surface area contributed by atoms with Crippen LogP contribution in [0.5, 0.6) is 0 Å². The summed E-state index contributed by atoms with van der Waals surface area (Å²) in [6.07, 6.45) is 0. The molecule has 0 N–H and O–H groups in total. The van der Waals surface area contributed by atoms with Crippen LogP contribution in [0.25, 0.3) is 0 Å². The molecular weight excluding hydrogens is 284 g/mol. The summed E-state index contributed by atoms with van der Waals surface area (Å²) in [5.74, 6) is -1.04. The number of rotatable bonds is 5. The van der Waals surface area contributed by atoms with Crippen molar-refractivity contribution in [3.8, 4) is 0 Å². The zero-order valence-electron chi connectivity index (χ0n) is 10.4. The molecule has 0 saturated carbocycles. The molecule has 0 aliphatic heterocycles. The summed E-state index contributed by atoms with van der Waals surface area (Å²) in [6, 6.07) is 7.33. The Bertz CT molecular complexity index is 690. The number of carbonyl (C=O) groups is 1. The first kappa shape index (κ1) is 14.2. The Balaban J connectivity index is 1.97. The molecule has 0 radical (unpaired) electrons. The van der Waals surface area contributed by atoms with E-state index in [-0.39, 0.29) is 23.6 Å². The van der Waals surface area contributed by atoms with Crippen molar-refractivity contribution in [2.24, 2.45) is 0 Å². The number of nitro benzene ring substituents is 1. The smallest absolute Gasteiger partial charge is 0.433 e. The topological polar surface area (TPSA) is 126 Å². The quantitative estimate of drug-likeness (QED) is 0.470. The van der Waals surface area contributed by atoms with Crippen molar-refractivity contribution >= 4 is 17.5 Å². The average molecular weight is 292 g/mol. The van der Waals surface area contributed by atoms with E-state index in [4.69, 9.17) is 9.15 Å². The van der Waals surface area contributed by atoms with Gasteiger partial charge in [0.25, 0.3) is 5.69 Å². The van der Waals surface area contributed by atoms with Crippen LogP contribution >= 0.6 is 0 Å². The van der Waals surface area contributed by atoms with Gasteiger partial charge in [-0.3, -0.25) is 20.2 Å². The lowest BCUT2D eigenvalue weighted by Crippen LogP contribution is -2.04. The maximum absolute atomic E-state index is 11.7. The largest absolute Gasteiger partial charge is 0.454 e. The second-order valence-electron chi connectivity index (χ2n) is 3.88. The van der Waals surface area contributed by atoms with Crippen LogP contribution < -0.4 is 0 Å². The van der Waals surface area contributed by atoms with Crippen molar-refractivity contribution in [1.29, 1.82) is 0 Å². The van der Waals surface area contributed by atoms with E-state index in [1.54, 1.807) is 0 Å². The first-order chi connectivity index (χ1) is 9.97. The normalized spacial score (nSPS) is 10.1. The van der Waals surface area contributed by atoms with Crippen LogP contribution in [0.4, 0.5) is 11.6 Å². The van der Waals surface area contributed by atoms with Crippen LogP contribution in [0.15, 0.2) is 40.8 Å². The summed E-state index contributed by atoms with van der Waals surface area (Å²) < 4.78 is 9.70. The fraction of sp³-hybridized carbons (Fsp3) is 0.0833. The molecule has 0 unspecified atom stereocenters. The van der Waals surface area contributed by atoms with Crippen molar-refractivity contribution in [2.45, 2.75) is 6.61 Å². The minimum absolute atomic E-state index is 0.122. The Morgan fingerprint density at radius 1 is 1.05 bits per heavy atom. The lowest BCUT2D eigenvalue weighted by Gasteiger charge is -2.02. The monoisotopic (exact) mass is 292 g/mol. The van der Waals surface area contributed by atoms with E-state index < -0.39 is 21.7 Å². The Labute approximate surface area is 117 Å². The molecule has 0 amide bonds. The summed E-state index contributed by atoms with van der Waals surface area (Å²) in [6.45, 7) is -0.274. The van der Waals surface area contributed by atoms with Crippen LogP contribution in [0.2, 0.25) is 0 Å². The summed E-state index contributed by atoms with van der Waals surface area (Å²) in [5.41, 5.74) is -0.0186. The van der Waals surface area contributed by atoms with Gasteiger partial charge in [0.05, 0.1) is 16.6 Å². The molecule has 0 saturated heterocycles. The second-order valence-corrected chi connectivity index (χ2v) is 3.88.